The number of nitrogens with one attached hydrogen (secondary N) is 2. The number of pyridine rings is 1. The van der Waals surface area contributed by atoms with Gasteiger partial charge >= 0.3 is 0 Å². The third kappa shape index (κ3) is 4.14. The van der Waals surface area contributed by atoms with E-state index in [9.17, 15) is 4.79 Å². The quantitative estimate of drug-likeness (QED) is 0.685. The van der Waals surface area contributed by atoms with Crippen molar-refractivity contribution in [3.8, 4) is 5.75 Å². The lowest BCUT2D eigenvalue weighted by molar-refractivity contribution is -0.122. The van der Waals surface area contributed by atoms with Crippen LogP contribution in [0, 0.1) is 6.92 Å². The zero-order valence-corrected chi connectivity index (χ0v) is 15.3. The number of carbonyl (C=O) groups excluding carboxylic acids is 1. The third-order valence-corrected chi connectivity index (χ3v) is 4.23. The number of imidazole rings is 1. The van der Waals surface area contributed by atoms with Crippen LogP contribution in [0.25, 0.3) is 5.65 Å². The summed E-state index contributed by atoms with van der Waals surface area (Å²) in [5, 5.41) is 6.22. The Hall–Kier alpha value is -3.02. The van der Waals surface area contributed by atoms with Gasteiger partial charge in [-0.2, -0.15) is 0 Å². The van der Waals surface area contributed by atoms with Gasteiger partial charge in [0.05, 0.1) is 19.3 Å². The Morgan fingerprint density at radius 1 is 1.27 bits per heavy atom. The van der Waals surface area contributed by atoms with E-state index in [4.69, 9.17) is 4.74 Å². The molecule has 0 spiro atoms. The molecule has 2 N–H and O–H groups in total. The van der Waals surface area contributed by atoms with Gasteiger partial charge in [0.1, 0.15) is 17.4 Å². The van der Waals surface area contributed by atoms with Gasteiger partial charge in [-0.3, -0.25) is 4.79 Å². The maximum atomic E-state index is 12.5. The lowest BCUT2D eigenvalue weighted by atomic mass is 10.2. The molecule has 0 aliphatic heterocycles. The van der Waals surface area contributed by atoms with E-state index in [0.717, 1.165) is 22.8 Å². The average molecular weight is 352 g/mol. The summed E-state index contributed by atoms with van der Waals surface area (Å²) < 4.78 is 7.20. The fraction of sp³-hybridized carbons (Fsp3) is 0.300. The molecule has 2 aromatic heterocycles. The van der Waals surface area contributed by atoms with Crippen LogP contribution < -0.4 is 15.4 Å². The standard InChI is InChI=1S/C20H24N4O2/c1-4-18(22-15-6-5-7-17(10-15)26-3)20(25)21-11-16-13-24-12-14(2)8-9-19(24)23-16/h5-10,12-13,18,22H,4,11H2,1-3H3,(H,21,25)/t18-/m0/s1. The molecule has 0 aliphatic carbocycles. The number of fused-ring (bicyclic) bond motifs is 1. The van der Waals surface area contributed by atoms with Crippen LogP contribution in [-0.4, -0.2) is 28.4 Å². The lowest BCUT2D eigenvalue weighted by Crippen LogP contribution is -2.38. The number of aromatic nitrogens is 2. The Bertz CT molecular complexity index is 904. The SMILES string of the molecule is CC[C@H](Nc1cccc(OC)c1)C(=O)NCc1cn2cc(C)ccc2n1. The highest BCUT2D eigenvalue weighted by Crippen LogP contribution is 2.18. The number of aryl methyl sites for hydroxylation is 1. The molecule has 6 nitrogen and oxygen atoms in total. The van der Waals surface area contributed by atoms with E-state index in [1.807, 2.05) is 67.0 Å². The number of ether oxygens (including phenoxy) is 1. The summed E-state index contributed by atoms with van der Waals surface area (Å²) in [4.78, 5) is 17.1. The first kappa shape index (κ1) is 17.8. The molecule has 0 saturated heterocycles. The molecule has 1 atom stereocenters. The van der Waals surface area contributed by atoms with Gasteiger partial charge < -0.3 is 19.8 Å². The highest BCUT2D eigenvalue weighted by Gasteiger charge is 2.16. The number of hydrogen-bond donors (Lipinski definition) is 2. The van der Waals surface area contributed by atoms with E-state index >= 15 is 0 Å². The van der Waals surface area contributed by atoms with Crippen LogP contribution in [-0.2, 0) is 11.3 Å². The van der Waals surface area contributed by atoms with Crippen LogP contribution in [0.5, 0.6) is 5.75 Å². The normalized spacial score (nSPS) is 12.0. The molecular weight excluding hydrogens is 328 g/mol. The Morgan fingerprint density at radius 3 is 2.88 bits per heavy atom. The number of amides is 1. The van der Waals surface area contributed by atoms with Gasteiger partial charge in [-0.25, -0.2) is 4.98 Å². The van der Waals surface area contributed by atoms with Crippen LogP contribution in [0.2, 0.25) is 0 Å². The molecule has 0 bridgehead atoms. The van der Waals surface area contributed by atoms with Crippen molar-refractivity contribution in [3.63, 3.8) is 0 Å². The van der Waals surface area contributed by atoms with Gasteiger partial charge in [-0.15, -0.1) is 0 Å². The van der Waals surface area contributed by atoms with Crippen molar-refractivity contribution in [1.29, 1.82) is 0 Å². The molecular formula is C20H24N4O2. The zero-order chi connectivity index (χ0) is 18.5. The number of nitrogens with zero attached hydrogens (tertiary/aromatic N) is 2. The second-order valence-corrected chi connectivity index (χ2v) is 6.26. The van der Waals surface area contributed by atoms with Crippen molar-refractivity contribution in [2.24, 2.45) is 0 Å². The van der Waals surface area contributed by atoms with Gasteiger partial charge in [-0.1, -0.05) is 19.1 Å². The fourth-order valence-corrected chi connectivity index (χ4v) is 2.81. The molecule has 0 aliphatic rings. The molecule has 3 rings (SSSR count). The highest BCUT2D eigenvalue weighted by molar-refractivity contribution is 5.84. The van der Waals surface area contributed by atoms with Crippen LogP contribution in [0.4, 0.5) is 5.69 Å². The fourth-order valence-electron chi connectivity index (χ4n) is 2.81. The summed E-state index contributed by atoms with van der Waals surface area (Å²) in [6.45, 7) is 4.41. The van der Waals surface area contributed by atoms with Gasteiger partial charge in [0, 0.05) is 24.1 Å². The van der Waals surface area contributed by atoms with E-state index in [1.54, 1.807) is 7.11 Å². The van der Waals surface area contributed by atoms with E-state index in [0.29, 0.717) is 13.0 Å². The van der Waals surface area contributed by atoms with Crippen molar-refractivity contribution in [2.45, 2.75) is 32.9 Å². The molecule has 2 heterocycles. The molecule has 0 fully saturated rings. The summed E-state index contributed by atoms with van der Waals surface area (Å²) >= 11 is 0. The van der Waals surface area contributed by atoms with Gasteiger partial charge in [0.15, 0.2) is 0 Å². The summed E-state index contributed by atoms with van der Waals surface area (Å²) in [5.41, 5.74) is 3.73. The monoisotopic (exact) mass is 352 g/mol. The molecule has 0 radical (unpaired) electrons. The second kappa shape index (κ2) is 7.91. The van der Waals surface area contributed by atoms with E-state index in [-0.39, 0.29) is 11.9 Å². The van der Waals surface area contributed by atoms with Crippen molar-refractivity contribution in [2.75, 3.05) is 12.4 Å². The number of hydrogen-bond acceptors (Lipinski definition) is 4. The minimum atomic E-state index is -0.318. The maximum absolute atomic E-state index is 12.5. The molecule has 0 saturated carbocycles. The van der Waals surface area contributed by atoms with E-state index < -0.39 is 0 Å². The summed E-state index contributed by atoms with van der Waals surface area (Å²) in [6, 6.07) is 11.2. The lowest BCUT2D eigenvalue weighted by Gasteiger charge is -2.18. The molecule has 136 valence electrons. The maximum Gasteiger partial charge on any atom is 0.242 e. The number of methoxy groups -OCH3 is 1. The topological polar surface area (TPSA) is 67.7 Å². The number of carbonyl (C=O) groups is 1. The van der Waals surface area contributed by atoms with Gasteiger partial charge in [0.25, 0.3) is 0 Å². The predicted octanol–water partition coefficient (Wildman–Crippen LogP) is 3.16. The number of rotatable bonds is 7. The van der Waals surface area contributed by atoms with Gasteiger partial charge in [-0.05, 0) is 37.1 Å². The van der Waals surface area contributed by atoms with Crippen molar-refractivity contribution in [3.05, 3.63) is 60.0 Å². The first-order valence-corrected chi connectivity index (χ1v) is 8.71. The first-order valence-electron chi connectivity index (χ1n) is 8.71. The Balaban J connectivity index is 1.62. The van der Waals surface area contributed by atoms with E-state index in [2.05, 4.69) is 15.6 Å². The summed E-state index contributed by atoms with van der Waals surface area (Å²) in [6.07, 6.45) is 4.64. The summed E-state index contributed by atoms with van der Waals surface area (Å²) in [7, 11) is 1.62. The van der Waals surface area contributed by atoms with Crippen LogP contribution in [0.3, 0.4) is 0 Å². The molecule has 3 aromatic rings. The summed E-state index contributed by atoms with van der Waals surface area (Å²) in [5.74, 6) is 0.703. The largest absolute Gasteiger partial charge is 0.497 e. The molecule has 1 amide bonds. The van der Waals surface area contributed by atoms with Crippen molar-refractivity contribution < 1.29 is 9.53 Å². The molecule has 6 heteroatoms. The number of anilines is 1. The average Bonchev–Trinajstić information content (AvgIpc) is 3.06. The van der Waals surface area contributed by atoms with Crippen LogP contribution in [0.1, 0.15) is 24.6 Å². The molecule has 1 aromatic carbocycles. The Labute approximate surface area is 153 Å². The minimum Gasteiger partial charge on any atom is -0.497 e. The third-order valence-electron chi connectivity index (χ3n) is 4.23. The predicted molar refractivity (Wildman–Crippen MR) is 102 cm³/mol. The Morgan fingerprint density at radius 2 is 2.12 bits per heavy atom. The van der Waals surface area contributed by atoms with Crippen LogP contribution >= 0.6 is 0 Å². The number of benzene rings is 1. The van der Waals surface area contributed by atoms with E-state index in [1.165, 1.54) is 5.56 Å². The zero-order valence-electron chi connectivity index (χ0n) is 15.3. The Kier molecular flexibility index (Phi) is 5.41. The van der Waals surface area contributed by atoms with Crippen LogP contribution in [0.15, 0.2) is 48.8 Å². The highest BCUT2D eigenvalue weighted by atomic mass is 16.5. The smallest absolute Gasteiger partial charge is 0.242 e. The minimum absolute atomic E-state index is 0.0523. The van der Waals surface area contributed by atoms with Crippen molar-refractivity contribution in [1.82, 2.24) is 14.7 Å². The van der Waals surface area contributed by atoms with Gasteiger partial charge in [0.2, 0.25) is 5.91 Å². The molecule has 0 unspecified atom stereocenters. The van der Waals surface area contributed by atoms with Crippen molar-refractivity contribution >= 4 is 17.2 Å². The first-order chi connectivity index (χ1) is 12.6. The molecule has 26 heavy (non-hydrogen) atoms. The second-order valence-electron chi connectivity index (χ2n) is 6.26.